The molecular formula is C104H146ClN27O6S2. The van der Waals surface area contributed by atoms with Gasteiger partial charge in [0, 0.05) is 187 Å². The quantitative estimate of drug-likeness (QED) is 0.0267. The van der Waals surface area contributed by atoms with Crippen molar-refractivity contribution in [3.05, 3.63) is 225 Å². The molecule has 0 radical (unpaired) electrons. The number of nitrogens with one attached hydrogen (secondary N) is 14. The summed E-state index contributed by atoms with van der Waals surface area (Å²) in [6, 6.07) is 37.6. The van der Waals surface area contributed by atoms with Crippen molar-refractivity contribution < 1.29 is 26.3 Å². The van der Waals surface area contributed by atoms with Gasteiger partial charge in [0.05, 0.1) is 29.5 Å². The zero-order valence-corrected chi connectivity index (χ0v) is 90.4. The molecule has 33 nitrogen and oxygen atoms in total. The Morgan fingerprint density at radius 1 is 0.336 bits per heavy atom. The van der Waals surface area contributed by atoms with Gasteiger partial charge in [-0.1, -0.05) is 62.7 Å². The van der Waals surface area contributed by atoms with Crippen LogP contribution in [0.5, 0.6) is 11.5 Å². The third kappa shape index (κ3) is 35.8. The molecule has 36 heteroatoms. The maximum absolute atomic E-state index is 12.3. The normalized spacial score (nSPS) is 11.8. The van der Waals surface area contributed by atoms with Crippen molar-refractivity contribution >= 4 is 147 Å². The molecule has 0 spiro atoms. The molecular weight excluding hydrogens is 1820 g/mol. The van der Waals surface area contributed by atoms with Gasteiger partial charge in [0.1, 0.15) is 46.4 Å². The van der Waals surface area contributed by atoms with Crippen molar-refractivity contribution in [2.75, 3.05) is 99.2 Å². The molecule has 0 fully saturated rings. The van der Waals surface area contributed by atoms with Crippen molar-refractivity contribution in [2.24, 2.45) is 0 Å². The first-order valence-corrected chi connectivity index (χ1v) is 49.3. The number of hydrogen-bond donors (Lipinski definition) is 14. The first-order chi connectivity index (χ1) is 64.9. The van der Waals surface area contributed by atoms with E-state index in [-0.39, 0.29) is 48.4 Å². The minimum atomic E-state index is -3.49. The Kier molecular flexibility index (Phi) is 37.6. The fourth-order valence-corrected chi connectivity index (χ4v) is 14.6. The molecule has 140 heavy (non-hydrogen) atoms. The van der Waals surface area contributed by atoms with E-state index in [1.807, 2.05) is 152 Å². The second-order valence-corrected chi connectivity index (χ2v) is 45.9. The topological polar surface area (TPSA) is 417 Å². The third-order valence-corrected chi connectivity index (χ3v) is 23.6. The lowest BCUT2D eigenvalue weighted by Gasteiger charge is -2.22. The predicted octanol–water partition coefficient (Wildman–Crippen LogP) is 24.0. The number of aromatic nitrogens is 13. The Morgan fingerprint density at radius 2 is 0.636 bits per heavy atom. The number of halogens is 1. The van der Waals surface area contributed by atoms with Gasteiger partial charge in [-0.2, -0.15) is 29.9 Å². The molecule has 0 saturated heterocycles. The first-order valence-electron chi connectivity index (χ1n) is 46.0. The molecule has 13 rings (SSSR count). The van der Waals surface area contributed by atoms with Gasteiger partial charge in [-0.3, -0.25) is 0 Å². The number of H-pyrrole nitrogens is 1. The van der Waals surface area contributed by atoms with Crippen molar-refractivity contribution in [2.45, 2.75) is 256 Å². The fraction of sp³-hybridized carbons (Fsp3) is 0.404. The van der Waals surface area contributed by atoms with E-state index in [9.17, 15) is 16.8 Å². The number of aromatic amines is 1. The maximum Gasteiger partial charge on any atom is 0.242 e. The Morgan fingerprint density at radius 3 is 0.950 bits per heavy atom. The standard InChI is InChI=1S/C19H28N4.C18H23N5.C17H23ClN4.C17H25N5O2S.C17H24N4O2.C16H23N5O2S/c1-13-12-20-17(23-19(5,6)7)22-16(13)21-15-10-8-9-14(11-15)18(2,3)4;1-11-6-7-14(13-8-9-19-15(11)13)21-16-12(2)10-20-17(22-16)23-18(3,4)5;1-10-7-13(8-11(2)14(10)18)20-15-12(3)9-19-16(21-15)22-17(4,5)6;1-12-11-18-16(21-17(2,3)4)20-15(12)19-13-8-7-9-14(10-13)25(23,24)22(5)6;1-11-10-18-16(21-17(2,3)4)20-15(11)19-12-7-13(22-5)9-14(8-12)23-6;1-11-10-18-15(21-16(2,3)4)20-14(11)19-12-7-6-8-13(9-12)24(22,23)17-5/h8-12H,1-7H3,(H2,20,21,22,23);6-10,19H,1-5H3,(H2,20,21,22,23);7-9H,1-6H3,(H2,19,20,21,22);7-11H,1-6H3,(H2,18,19,20,21);7-10H,1-6H3,(H2,18,19,20,21);6-10,17H,1-5H3,(H2,18,19,20,21). The van der Waals surface area contributed by atoms with Crippen LogP contribution in [0, 0.1) is 62.3 Å². The highest BCUT2D eigenvalue weighted by Gasteiger charge is 2.24. The van der Waals surface area contributed by atoms with Crippen LogP contribution in [-0.2, 0) is 25.5 Å². The Hall–Kier alpha value is -13.4. The van der Waals surface area contributed by atoms with Gasteiger partial charge in [-0.15, -0.1) is 0 Å². The molecule has 0 amide bonds. The predicted molar refractivity (Wildman–Crippen MR) is 579 cm³/mol. The number of sulfonamides is 2. The molecule has 13 aromatic rings. The van der Waals surface area contributed by atoms with Gasteiger partial charge < -0.3 is 78.3 Å². The summed E-state index contributed by atoms with van der Waals surface area (Å²) in [7, 11) is 0.674. The van der Waals surface area contributed by atoms with Crippen molar-refractivity contribution in [1.29, 1.82) is 0 Å². The molecule has 0 aliphatic heterocycles. The number of fused-ring (bicyclic) bond motifs is 1. The number of anilines is 18. The monoisotopic (exact) mass is 1970 g/mol. The van der Waals surface area contributed by atoms with Crippen LogP contribution in [0.25, 0.3) is 10.9 Å². The number of methoxy groups -OCH3 is 2. The van der Waals surface area contributed by atoms with E-state index in [4.69, 9.17) is 21.1 Å². The lowest BCUT2D eigenvalue weighted by Crippen LogP contribution is -2.27. The van der Waals surface area contributed by atoms with Crippen LogP contribution < -0.4 is 78.0 Å². The van der Waals surface area contributed by atoms with Crippen LogP contribution in [0.1, 0.15) is 201 Å². The summed E-state index contributed by atoms with van der Waals surface area (Å²) in [4.78, 5) is 56.9. The Bertz CT molecular complexity index is 6580. The number of ether oxygens (including phenoxy) is 2. The average Bonchev–Trinajstić information content (AvgIpc) is 1.64. The van der Waals surface area contributed by atoms with E-state index < -0.39 is 20.0 Å². The molecule has 0 unspecified atom stereocenters. The second kappa shape index (κ2) is 47.1. The summed E-state index contributed by atoms with van der Waals surface area (Å²) < 4.78 is 62.4. The Balaban J connectivity index is 0.000000206. The molecule has 0 aliphatic carbocycles. The lowest BCUT2D eigenvalue weighted by molar-refractivity contribution is 0.395. The number of benzene rings is 6. The molecule has 752 valence electrons. The van der Waals surface area contributed by atoms with Gasteiger partial charge in [0.25, 0.3) is 0 Å². The SMILES string of the molecule is CNS(=O)(=O)c1cccc(Nc2nc(NC(C)(C)C)ncc2C)c1.COc1cc(Nc2nc(NC(C)(C)C)ncc2C)cc(OC)c1.Cc1cnc(NC(C)(C)C)nc1Nc1cc(C)c(Cl)c(C)c1.Cc1cnc(NC(C)(C)C)nc1Nc1ccc(C)c2[nH]ccc12.Cc1cnc(NC(C)(C)C)nc1Nc1cccc(C(C)(C)C)c1.Cc1cnc(NC(C)(C)C)nc1Nc1cccc(S(=O)(=O)N(C)C)c1. The highest BCUT2D eigenvalue weighted by molar-refractivity contribution is 7.89. The van der Waals surface area contributed by atoms with Crippen LogP contribution in [0.2, 0.25) is 5.02 Å². The van der Waals surface area contributed by atoms with E-state index in [1.165, 1.54) is 42.6 Å². The zero-order valence-electron chi connectivity index (χ0n) is 88.0. The molecule has 0 atom stereocenters. The molecule has 0 bridgehead atoms. The van der Waals surface area contributed by atoms with Crippen LogP contribution in [0.15, 0.2) is 174 Å². The van der Waals surface area contributed by atoms with E-state index >= 15 is 0 Å². The van der Waals surface area contributed by atoms with Crippen molar-refractivity contribution in [1.82, 2.24) is 73.8 Å². The highest BCUT2D eigenvalue weighted by atomic mass is 35.5. The number of rotatable bonds is 24. The van der Waals surface area contributed by atoms with E-state index in [2.05, 4.69) is 287 Å². The Labute approximate surface area is 834 Å². The summed E-state index contributed by atoms with van der Waals surface area (Å²) in [5.74, 6) is 9.34. The number of nitrogens with zero attached hydrogens (tertiary/aromatic N) is 13. The average molecular weight is 1970 g/mol. The van der Waals surface area contributed by atoms with Crippen LogP contribution in [-0.4, -0.2) is 155 Å². The molecule has 0 saturated carbocycles. The molecule has 14 N–H and O–H groups in total. The van der Waals surface area contributed by atoms with Crippen molar-refractivity contribution in [3.63, 3.8) is 0 Å². The molecule has 7 aromatic heterocycles. The third-order valence-electron chi connectivity index (χ3n) is 19.8. The van der Waals surface area contributed by atoms with Gasteiger partial charge in [-0.05, 0) is 294 Å². The van der Waals surface area contributed by atoms with Crippen LogP contribution in [0.4, 0.5) is 105 Å². The molecule has 6 aromatic carbocycles. The minimum absolute atomic E-state index is 0.0708. The lowest BCUT2D eigenvalue weighted by atomic mass is 9.87. The van der Waals surface area contributed by atoms with Crippen LogP contribution in [0.3, 0.4) is 0 Å². The smallest absolute Gasteiger partial charge is 0.242 e. The molecule has 7 heterocycles. The van der Waals surface area contributed by atoms with Gasteiger partial charge in [0.15, 0.2) is 0 Å². The van der Waals surface area contributed by atoms with Gasteiger partial charge >= 0.3 is 0 Å². The van der Waals surface area contributed by atoms with Gasteiger partial charge in [0.2, 0.25) is 55.7 Å². The highest BCUT2D eigenvalue weighted by Crippen LogP contribution is 2.36. The maximum atomic E-state index is 12.3. The summed E-state index contributed by atoms with van der Waals surface area (Å²) in [6.07, 6.45) is 12.7. The zero-order chi connectivity index (χ0) is 104. The summed E-state index contributed by atoms with van der Waals surface area (Å²) in [5.41, 5.74) is 16.1. The fourth-order valence-electron chi connectivity index (χ4n) is 12.8. The minimum Gasteiger partial charge on any atom is -0.497 e. The largest absolute Gasteiger partial charge is 0.497 e. The van der Waals surface area contributed by atoms with Crippen molar-refractivity contribution in [3.8, 4) is 11.5 Å². The van der Waals surface area contributed by atoms with Crippen LogP contribution >= 0.6 is 11.6 Å². The van der Waals surface area contributed by atoms with E-state index in [0.717, 1.165) is 106 Å². The molecule has 0 aliphatic rings. The van der Waals surface area contributed by atoms with Gasteiger partial charge in [-0.25, -0.2) is 55.8 Å². The summed E-state index contributed by atoms with van der Waals surface area (Å²) in [6.45, 7) is 61.6. The summed E-state index contributed by atoms with van der Waals surface area (Å²) >= 11 is 6.22. The number of aryl methyl sites for hydroxylation is 9. The number of hydrogen-bond acceptors (Lipinski definition) is 30. The second-order valence-electron chi connectivity index (χ2n) is 41.5. The van der Waals surface area contributed by atoms with E-state index in [1.54, 1.807) is 75.3 Å². The summed E-state index contributed by atoms with van der Waals surface area (Å²) in [5, 5.41) is 41.4. The first kappa shape index (κ1) is 112. The van der Waals surface area contributed by atoms with E-state index in [0.29, 0.717) is 70.2 Å².